The van der Waals surface area contributed by atoms with E-state index >= 15 is 0 Å². The lowest BCUT2D eigenvalue weighted by atomic mass is 9.90. The van der Waals surface area contributed by atoms with Gasteiger partial charge in [-0.25, -0.2) is 4.39 Å². The van der Waals surface area contributed by atoms with Gasteiger partial charge in [0.2, 0.25) is 0 Å². The van der Waals surface area contributed by atoms with Crippen LogP contribution >= 0.6 is 0 Å². The second-order valence-electron chi connectivity index (χ2n) is 3.08. The first-order chi connectivity index (χ1) is 6.50. The number of amides is 1. The molecule has 1 amide bonds. The van der Waals surface area contributed by atoms with Crippen molar-refractivity contribution in [1.29, 1.82) is 0 Å². The third kappa shape index (κ3) is 1.75. The van der Waals surface area contributed by atoms with Crippen LogP contribution in [0, 0.1) is 5.82 Å². The molecule has 4 heteroatoms. The zero-order valence-electron chi connectivity index (χ0n) is 7.83. The number of carbonyl (C=O) groups is 1. The quantitative estimate of drug-likeness (QED) is 0.756. The van der Waals surface area contributed by atoms with E-state index in [0.29, 0.717) is 5.56 Å². The van der Waals surface area contributed by atoms with Crippen molar-refractivity contribution in [1.82, 2.24) is 0 Å². The van der Waals surface area contributed by atoms with Crippen molar-refractivity contribution in [3.8, 4) is 0 Å². The zero-order valence-corrected chi connectivity index (χ0v) is 7.83. The first kappa shape index (κ1) is 10.7. The van der Waals surface area contributed by atoms with Gasteiger partial charge in [0.25, 0.3) is 5.91 Å². The molecule has 0 spiro atoms. The third-order valence-corrected chi connectivity index (χ3v) is 2.24. The van der Waals surface area contributed by atoms with Gasteiger partial charge in [0.1, 0.15) is 5.82 Å². The lowest BCUT2D eigenvalue weighted by Gasteiger charge is -2.23. The molecule has 1 aromatic carbocycles. The predicted molar refractivity (Wildman–Crippen MR) is 49.8 cm³/mol. The van der Waals surface area contributed by atoms with E-state index in [0.717, 1.165) is 0 Å². The van der Waals surface area contributed by atoms with E-state index in [-0.39, 0.29) is 6.42 Å². The molecule has 0 fully saturated rings. The minimum absolute atomic E-state index is 0.161. The second kappa shape index (κ2) is 3.75. The molecule has 76 valence electrons. The predicted octanol–water partition coefficient (Wildman–Crippen LogP) is 0.909. The number of primary amides is 1. The highest BCUT2D eigenvalue weighted by Crippen LogP contribution is 2.24. The van der Waals surface area contributed by atoms with Gasteiger partial charge < -0.3 is 10.8 Å². The van der Waals surface area contributed by atoms with Crippen LogP contribution in [0.4, 0.5) is 4.39 Å². The Labute approximate surface area is 81.4 Å². The Hall–Kier alpha value is -1.42. The van der Waals surface area contributed by atoms with Crippen molar-refractivity contribution in [2.45, 2.75) is 18.9 Å². The van der Waals surface area contributed by atoms with Crippen molar-refractivity contribution in [3.63, 3.8) is 0 Å². The lowest BCUT2D eigenvalue weighted by molar-refractivity contribution is -0.137. The smallest absolute Gasteiger partial charge is 0.254 e. The van der Waals surface area contributed by atoms with Gasteiger partial charge in [0.05, 0.1) is 0 Å². The SMILES string of the molecule is CCC(O)(C(N)=O)c1ccc(F)cc1. The summed E-state index contributed by atoms with van der Waals surface area (Å²) in [5.41, 5.74) is 3.68. The molecule has 0 heterocycles. The van der Waals surface area contributed by atoms with Crippen LogP contribution < -0.4 is 5.73 Å². The highest BCUT2D eigenvalue weighted by Gasteiger charge is 2.33. The van der Waals surface area contributed by atoms with Crippen LogP contribution in [0.25, 0.3) is 0 Å². The Morgan fingerprint density at radius 1 is 1.50 bits per heavy atom. The van der Waals surface area contributed by atoms with Crippen LogP contribution in [0.1, 0.15) is 18.9 Å². The number of hydrogen-bond donors (Lipinski definition) is 2. The molecule has 1 unspecified atom stereocenters. The molecule has 0 saturated heterocycles. The summed E-state index contributed by atoms with van der Waals surface area (Å²) in [6.45, 7) is 1.63. The molecule has 1 rings (SSSR count). The summed E-state index contributed by atoms with van der Waals surface area (Å²) < 4.78 is 12.6. The van der Waals surface area contributed by atoms with E-state index in [1.165, 1.54) is 24.3 Å². The van der Waals surface area contributed by atoms with Gasteiger partial charge in [0.15, 0.2) is 5.60 Å². The number of hydrogen-bond acceptors (Lipinski definition) is 2. The van der Waals surface area contributed by atoms with Crippen molar-refractivity contribution in [2.24, 2.45) is 5.73 Å². The highest BCUT2D eigenvalue weighted by molar-refractivity contribution is 5.84. The van der Waals surface area contributed by atoms with E-state index < -0.39 is 17.3 Å². The number of halogens is 1. The van der Waals surface area contributed by atoms with Gasteiger partial charge in [-0.2, -0.15) is 0 Å². The number of carbonyl (C=O) groups excluding carboxylic acids is 1. The maximum absolute atomic E-state index is 12.6. The van der Waals surface area contributed by atoms with E-state index in [9.17, 15) is 14.3 Å². The molecule has 0 bridgehead atoms. The van der Waals surface area contributed by atoms with Crippen LogP contribution in [0.15, 0.2) is 24.3 Å². The monoisotopic (exact) mass is 197 g/mol. The molecule has 1 atom stereocenters. The van der Waals surface area contributed by atoms with Crippen molar-refractivity contribution >= 4 is 5.91 Å². The summed E-state index contributed by atoms with van der Waals surface area (Å²) in [4.78, 5) is 11.0. The van der Waals surface area contributed by atoms with Gasteiger partial charge >= 0.3 is 0 Å². The van der Waals surface area contributed by atoms with Crippen LogP contribution in [-0.2, 0) is 10.4 Å². The summed E-state index contributed by atoms with van der Waals surface area (Å²) in [5.74, 6) is -1.25. The Morgan fingerprint density at radius 3 is 2.36 bits per heavy atom. The Kier molecular flexibility index (Phi) is 2.86. The van der Waals surface area contributed by atoms with Gasteiger partial charge in [0, 0.05) is 0 Å². The van der Waals surface area contributed by atoms with E-state index in [2.05, 4.69) is 0 Å². The highest BCUT2D eigenvalue weighted by atomic mass is 19.1. The first-order valence-electron chi connectivity index (χ1n) is 4.29. The maximum Gasteiger partial charge on any atom is 0.254 e. The van der Waals surface area contributed by atoms with Gasteiger partial charge in [-0.3, -0.25) is 4.79 Å². The Bertz CT molecular complexity index is 336. The molecular weight excluding hydrogens is 185 g/mol. The molecule has 0 aliphatic heterocycles. The van der Waals surface area contributed by atoms with Gasteiger partial charge in [-0.05, 0) is 24.1 Å². The molecule has 0 radical (unpaired) electrons. The topological polar surface area (TPSA) is 63.3 Å². The third-order valence-electron chi connectivity index (χ3n) is 2.24. The van der Waals surface area contributed by atoms with Crippen LogP contribution in [0.5, 0.6) is 0 Å². The van der Waals surface area contributed by atoms with Gasteiger partial charge in [-0.15, -0.1) is 0 Å². The maximum atomic E-state index is 12.6. The standard InChI is InChI=1S/C10H12FNO2/c1-2-10(14,9(12)13)7-3-5-8(11)6-4-7/h3-6,14H,2H2,1H3,(H2,12,13). The Morgan fingerprint density at radius 2 is 2.00 bits per heavy atom. The number of nitrogens with two attached hydrogens (primary N) is 1. The molecule has 3 N–H and O–H groups in total. The summed E-state index contributed by atoms with van der Waals surface area (Å²) in [5, 5.41) is 9.86. The van der Waals surface area contributed by atoms with Crippen molar-refractivity contribution in [3.05, 3.63) is 35.6 Å². The van der Waals surface area contributed by atoms with Crippen LogP contribution in [0.2, 0.25) is 0 Å². The fourth-order valence-electron chi connectivity index (χ4n) is 1.25. The fraction of sp³-hybridized carbons (Fsp3) is 0.300. The molecule has 0 saturated carbocycles. The molecule has 14 heavy (non-hydrogen) atoms. The minimum Gasteiger partial charge on any atom is -0.375 e. The van der Waals surface area contributed by atoms with Crippen molar-refractivity contribution < 1.29 is 14.3 Å². The summed E-state index contributed by atoms with van der Waals surface area (Å²) in [7, 11) is 0. The summed E-state index contributed by atoms with van der Waals surface area (Å²) >= 11 is 0. The summed E-state index contributed by atoms with van der Waals surface area (Å²) in [6.07, 6.45) is 0.161. The molecule has 0 aliphatic rings. The van der Waals surface area contributed by atoms with E-state index in [1.54, 1.807) is 6.92 Å². The average Bonchev–Trinajstić information content (AvgIpc) is 2.17. The second-order valence-corrected chi connectivity index (χ2v) is 3.08. The van der Waals surface area contributed by atoms with E-state index in [1.807, 2.05) is 0 Å². The normalized spacial score (nSPS) is 14.8. The van der Waals surface area contributed by atoms with Gasteiger partial charge in [-0.1, -0.05) is 19.1 Å². The number of rotatable bonds is 3. The lowest BCUT2D eigenvalue weighted by Crippen LogP contribution is -2.40. The molecule has 0 aliphatic carbocycles. The van der Waals surface area contributed by atoms with Crippen LogP contribution in [0.3, 0.4) is 0 Å². The average molecular weight is 197 g/mol. The van der Waals surface area contributed by atoms with Crippen molar-refractivity contribution in [2.75, 3.05) is 0 Å². The van der Waals surface area contributed by atoms with E-state index in [4.69, 9.17) is 5.73 Å². The largest absolute Gasteiger partial charge is 0.375 e. The molecular formula is C10H12FNO2. The number of aliphatic hydroxyl groups is 1. The first-order valence-corrected chi connectivity index (χ1v) is 4.29. The molecule has 1 aromatic rings. The number of benzene rings is 1. The molecule has 3 nitrogen and oxygen atoms in total. The zero-order chi connectivity index (χ0) is 10.8. The van der Waals surface area contributed by atoms with Crippen LogP contribution in [-0.4, -0.2) is 11.0 Å². The fourth-order valence-corrected chi connectivity index (χ4v) is 1.25. The Balaban J connectivity index is 3.13. The minimum atomic E-state index is -1.70. The molecule has 0 aromatic heterocycles. The summed E-state index contributed by atoms with van der Waals surface area (Å²) in [6, 6.07) is 5.06.